The Hall–Kier alpha value is -0.700. The third kappa shape index (κ3) is 2.14. The van der Waals surface area contributed by atoms with E-state index in [1.54, 1.807) is 25.1 Å². The van der Waals surface area contributed by atoms with Gasteiger partial charge in [-0.3, -0.25) is 4.52 Å². The Kier molecular flexibility index (Phi) is 2.98. The quantitative estimate of drug-likeness (QED) is 0.640. The highest BCUT2D eigenvalue weighted by atomic mass is 31.2. The minimum absolute atomic E-state index is 0.155. The van der Waals surface area contributed by atoms with Gasteiger partial charge in [0.1, 0.15) is 0 Å². The molecule has 0 aliphatic rings. The van der Waals surface area contributed by atoms with Crippen molar-refractivity contribution in [3.05, 3.63) is 30.6 Å². The molecule has 1 aromatic heterocycles. The first-order valence-corrected chi connectivity index (χ1v) is 5.09. The predicted molar refractivity (Wildman–Crippen MR) is 41.3 cm³/mol. The van der Waals surface area contributed by atoms with E-state index in [-0.39, 0.29) is 6.61 Å². The summed E-state index contributed by atoms with van der Waals surface area (Å²) in [5.41, 5.74) is 0. The standard InChI is InChI=1S/C7H10NO3P/c1-2-11-12(9,10)8-6-4-3-5-7-8/h3-7H,2H2,1H3. The molecule has 1 unspecified atom stereocenters. The second-order valence-electron chi connectivity index (χ2n) is 2.14. The summed E-state index contributed by atoms with van der Waals surface area (Å²) in [6.07, 6.45) is 2.87. The maximum Gasteiger partial charge on any atom is 0.407 e. The van der Waals surface area contributed by atoms with Crippen molar-refractivity contribution in [1.82, 2.24) is 0 Å². The molecule has 0 saturated heterocycles. The molecular formula is C7H10NO3P. The van der Waals surface area contributed by atoms with E-state index in [2.05, 4.69) is 4.52 Å². The number of aromatic nitrogens is 1. The van der Waals surface area contributed by atoms with Crippen LogP contribution in [0, 0.1) is 0 Å². The number of hydrogen-bond donors (Lipinski definition) is 0. The van der Waals surface area contributed by atoms with Crippen LogP contribution in [0.3, 0.4) is 0 Å². The molecule has 0 aromatic carbocycles. The molecule has 0 aliphatic heterocycles. The van der Waals surface area contributed by atoms with Gasteiger partial charge >= 0.3 is 7.75 Å². The number of rotatable bonds is 3. The highest BCUT2D eigenvalue weighted by Crippen LogP contribution is 2.29. The van der Waals surface area contributed by atoms with Crippen LogP contribution in [-0.2, 0) is 9.09 Å². The largest absolute Gasteiger partial charge is 0.722 e. The van der Waals surface area contributed by atoms with E-state index in [9.17, 15) is 9.46 Å². The first kappa shape index (κ1) is 9.39. The van der Waals surface area contributed by atoms with Gasteiger partial charge in [-0.2, -0.15) is 4.34 Å². The second-order valence-corrected chi connectivity index (χ2v) is 3.80. The monoisotopic (exact) mass is 187 g/mol. The van der Waals surface area contributed by atoms with Crippen molar-refractivity contribution < 1.29 is 18.3 Å². The molecule has 0 saturated carbocycles. The molecule has 0 N–H and O–H groups in total. The van der Waals surface area contributed by atoms with Crippen molar-refractivity contribution in [2.45, 2.75) is 6.92 Å². The van der Waals surface area contributed by atoms with E-state index >= 15 is 0 Å². The molecule has 0 fully saturated rings. The second kappa shape index (κ2) is 3.81. The lowest BCUT2D eigenvalue weighted by atomic mass is 10.5. The molecule has 4 nitrogen and oxygen atoms in total. The average Bonchev–Trinajstić information content (AvgIpc) is 2.06. The first-order valence-electron chi connectivity index (χ1n) is 3.59. The highest BCUT2D eigenvalue weighted by Gasteiger charge is 2.18. The van der Waals surface area contributed by atoms with Crippen molar-refractivity contribution in [1.29, 1.82) is 0 Å². The lowest BCUT2D eigenvalue weighted by molar-refractivity contribution is -0.573. The lowest BCUT2D eigenvalue weighted by Crippen LogP contribution is -2.36. The van der Waals surface area contributed by atoms with Crippen molar-refractivity contribution in [3.8, 4) is 0 Å². The van der Waals surface area contributed by atoms with Crippen LogP contribution >= 0.6 is 7.75 Å². The summed E-state index contributed by atoms with van der Waals surface area (Å²) in [7, 11) is -3.88. The zero-order chi connectivity index (χ0) is 9.03. The minimum atomic E-state index is -3.88. The van der Waals surface area contributed by atoms with Crippen molar-refractivity contribution in [2.24, 2.45) is 0 Å². The zero-order valence-corrected chi connectivity index (χ0v) is 7.61. The highest BCUT2D eigenvalue weighted by molar-refractivity contribution is 7.43. The van der Waals surface area contributed by atoms with Gasteiger partial charge in [0.05, 0.1) is 6.61 Å². The molecule has 0 spiro atoms. The molecule has 1 heterocycles. The Morgan fingerprint density at radius 2 is 2.00 bits per heavy atom. The van der Waals surface area contributed by atoms with Crippen LogP contribution in [0.2, 0.25) is 0 Å². The van der Waals surface area contributed by atoms with E-state index in [0.29, 0.717) is 0 Å². The normalized spacial score (nSPS) is 15.5. The van der Waals surface area contributed by atoms with Gasteiger partial charge in [-0.1, -0.05) is 6.07 Å². The predicted octanol–water partition coefficient (Wildman–Crippen LogP) is 0.327. The summed E-state index contributed by atoms with van der Waals surface area (Å²) in [5, 5.41) is 0. The van der Waals surface area contributed by atoms with E-state index in [4.69, 9.17) is 0 Å². The fourth-order valence-corrected chi connectivity index (χ4v) is 1.72. The van der Waals surface area contributed by atoms with Gasteiger partial charge in [-0.25, -0.2) is 4.57 Å². The fourth-order valence-electron chi connectivity index (χ4n) is 0.783. The number of hydrogen-bond acceptors (Lipinski definition) is 3. The Morgan fingerprint density at radius 3 is 2.50 bits per heavy atom. The summed E-state index contributed by atoms with van der Waals surface area (Å²) >= 11 is 0. The van der Waals surface area contributed by atoms with Crippen LogP contribution < -0.4 is 9.23 Å². The van der Waals surface area contributed by atoms with Crippen LogP contribution in [0.5, 0.6) is 0 Å². The number of nitrogens with zero attached hydrogens (tertiary/aromatic N) is 1. The minimum Gasteiger partial charge on any atom is -0.722 e. The van der Waals surface area contributed by atoms with Gasteiger partial charge in [-0.05, 0) is 6.92 Å². The van der Waals surface area contributed by atoms with E-state index in [0.717, 1.165) is 4.34 Å². The summed E-state index contributed by atoms with van der Waals surface area (Å²) < 4.78 is 16.8. The molecule has 0 bridgehead atoms. The van der Waals surface area contributed by atoms with Crippen LogP contribution in [0.4, 0.5) is 0 Å². The summed E-state index contributed by atoms with van der Waals surface area (Å²) in [4.78, 5) is 11.2. The van der Waals surface area contributed by atoms with Gasteiger partial charge < -0.3 is 4.89 Å². The average molecular weight is 187 g/mol. The fraction of sp³-hybridized carbons (Fsp3) is 0.286. The maximum absolute atomic E-state index is 11.2. The Labute approximate surface area is 71.0 Å². The third-order valence-corrected chi connectivity index (χ3v) is 2.69. The van der Waals surface area contributed by atoms with Gasteiger partial charge in [-0.15, -0.1) is 0 Å². The molecule has 0 amide bonds. The molecule has 66 valence electrons. The SMILES string of the molecule is CCOP(=O)([O-])[n+]1ccccc1. The summed E-state index contributed by atoms with van der Waals surface area (Å²) in [5.74, 6) is 0. The first-order chi connectivity index (χ1) is 5.67. The van der Waals surface area contributed by atoms with Crippen molar-refractivity contribution in [2.75, 3.05) is 6.61 Å². The molecule has 1 atom stereocenters. The van der Waals surface area contributed by atoms with Crippen molar-refractivity contribution >= 4 is 7.75 Å². The molecule has 0 aliphatic carbocycles. The van der Waals surface area contributed by atoms with Crippen LogP contribution in [-0.4, -0.2) is 6.61 Å². The summed E-state index contributed by atoms with van der Waals surface area (Å²) in [6, 6.07) is 5.00. The van der Waals surface area contributed by atoms with Gasteiger partial charge in [0.2, 0.25) is 0 Å². The molecule has 5 heteroatoms. The van der Waals surface area contributed by atoms with Crippen LogP contribution in [0.15, 0.2) is 30.6 Å². The van der Waals surface area contributed by atoms with Crippen LogP contribution in [0.25, 0.3) is 0 Å². The van der Waals surface area contributed by atoms with Crippen molar-refractivity contribution in [3.63, 3.8) is 0 Å². The Bertz CT molecular complexity index is 288. The van der Waals surface area contributed by atoms with Gasteiger partial charge in [0.15, 0.2) is 12.4 Å². The molecule has 0 radical (unpaired) electrons. The number of pyridine rings is 1. The molecular weight excluding hydrogens is 177 g/mol. The van der Waals surface area contributed by atoms with Gasteiger partial charge in [0.25, 0.3) is 0 Å². The van der Waals surface area contributed by atoms with Crippen LogP contribution in [0.1, 0.15) is 6.92 Å². The lowest BCUT2D eigenvalue weighted by Gasteiger charge is -2.14. The van der Waals surface area contributed by atoms with E-state index in [1.165, 1.54) is 12.4 Å². The molecule has 1 rings (SSSR count). The Balaban J connectivity index is 2.90. The smallest absolute Gasteiger partial charge is 0.407 e. The van der Waals surface area contributed by atoms with E-state index < -0.39 is 7.75 Å². The maximum atomic E-state index is 11.2. The molecule has 12 heavy (non-hydrogen) atoms. The summed E-state index contributed by atoms with van der Waals surface area (Å²) in [6.45, 7) is 1.79. The molecule has 1 aromatic rings. The zero-order valence-electron chi connectivity index (χ0n) is 6.71. The third-order valence-electron chi connectivity index (χ3n) is 1.27. The van der Waals surface area contributed by atoms with Gasteiger partial charge in [0, 0.05) is 12.1 Å². The Morgan fingerprint density at radius 1 is 1.42 bits per heavy atom. The topological polar surface area (TPSA) is 53.2 Å². The van der Waals surface area contributed by atoms with E-state index in [1.807, 2.05) is 0 Å².